The maximum absolute atomic E-state index is 12.0. The second-order valence-corrected chi connectivity index (χ2v) is 4.63. The third-order valence-electron chi connectivity index (χ3n) is 3.36. The van der Waals surface area contributed by atoms with Crippen LogP contribution in [-0.4, -0.2) is 0 Å². The van der Waals surface area contributed by atoms with Crippen molar-refractivity contribution in [1.82, 2.24) is 0 Å². The van der Waals surface area contributed by atoms with E-state index >= 15 is 0 Å². The third-order valence-corrected chi connectivity index (χ3v) is 3.36. The van der Waals surface area contributed by atoms with Crippen LogP contribution in [0.5, 0.6) is 0 Å². The molecule has 96 valence electrons. The molecule has 1 aliphatic rings. The molecule has 1 aliphatic heterocycles. The summed E-state index contributed by atoms with van der Waals surface area (Å²) < 4.78 is 5.28. The van der Waals surface area contributed by atoms with Crippen LogP contribution in [0.1, 0.15) is 11.7 Å². The van der Waals surface area contributed by atoms with Crippen molar-refractivity contribution in [2.45, 2.75) is 6.17 Å². The van der Waals surface area contributed by atoms with Crippen LogP contribution in [0.3, 0.4) is 0 Å². The average molecular weight is 262 g/mol. The van der Waals surface area contributed by atoms with Gasteiger partial charge in [-0.1, -0.05) is 42.5 Å². The lowest BCUT2D eigenvalue weighted by Gasteiger charge is -2.02. The SMILES string of the molecule is O=c1oc2ccccc2c2c1=NC(c1ccccc1)N=2. The van der Waals surface area contributed by atoms with Crippen LogP contribution in [0.15, 0.2) is 73.8 Å². The quantitative estimate of drug-likeness (QED) is 0.627. The fraction of sp³-hybridized carbons (Fsp3) is 0.0625. The summed E-state index contributed by atoms with van der Waals surface area (Å²) in [5.74, 6) is 0. The standard InChI is InChI=1S/C16H10N2O2/c19-16-14-13(11-8-4-5-9-12(11)20-16)17-15(18-14)10-6-2-1-3-7-10/h1-9,15H. The predicted molar refractivity (Wildman–Crippen MR) is 74.0 cm³/mol. The maximum atomic E-state index is 12.0. The Bertz CT molecular complexity index is 975. The van der Waals surface area contributed by atoms with Gasteiger partial charge in [0.15, 0.2) is 11.5 Å². The van der Waals surface area contributed by atoms with Gasteiger partial charge in [0.1, 0.15) is 10.9 Å². The molecular weight excluding hydrogens is 252 g/mol. The molecule has 4 heteroatoms. The molecule has 0 saturated carbocycles. The number of benzene rings is 2. The van der Waals surface area contributed by atoms with Crippen LogP contribution in [0.25, 0.3) is 11.0 Å². The van der Waals surface area contributed by atoms with Crippen LogP contribution < -0.4 is 16.3 Å². The van der Waals surface area contributed by atoms with E-state index in [1.165, 1.54) is 0 Å². The summed E-state index contributed by atoms with van der Waals surface area (Å²) in [6.07, 6.45) is -0.361. The summed E-state index contributed by atoms with van der Waals surface area (Å²) in [5, 5.41) is 1.77. The fourth-order valence-electron chi connectivity index (χ4n) is 2.42. The molecule has 0 fully saturated rings. The Balaban J connectivity index is 2.06. The molecule has 0 saturated heterocycles. The number of fused-ring (bicyclic) bond motifs is 3. The van der Waals surface area contributed by atoms with Crippen LogP contribution in [0.4, 0.5) is 0 Å². The van der Waals surface area contributed by atoms with E-state index in [4.69, 9.17) is 4.42 Å². The minimum atomic E-state index is -0.430. The first kappa shape index (κ1) is 11.1. The van der Waals surface area contributed by atoms with E-state index in [-0.39, 0.29) is 6.17 Å². The zero-order valence-electron chi connectivity index (χ0n) is 10.5. The van der Waals surface area contributed by atoms with Crippen molar-refractivity contribution < 1.29 is 4.42 Å². The smallest absolute Gasteiger partial charge is 0.364 e. The van der Waals surface area contributed by atoms with Crippen molar-refractivity contribution in [3.05, 3.63) is 81.3 Å². The Kier molecular flexibility index (Phi) is 2.29. The Hall–Kier alpha value is -2.75. The molecule has 0 radical (unpaired) electrons. The third kappa shape index (κ3) is 1.58. The minimum Gasteiger partial charge on any atom is -0.421 e. The molecule has 0 bridgehead atoms. The zero-order valence-corrected chi connectivity index (χ0v) is 10.5. The van der Waals surface area contributed by atoms with Gasteiger partial charge in [-0.15, -0.1) is 0 Å². The normalized spacial score (nSPS) is 16.5. The molecule has 0 spiro atoms. The molecule has 1 aromatic heterocycles. The molecule has 20 heavy (non-hydrogen) atoms. The lowest BCUT2D eigenvalue weighted by Crippen LogP contribution is -2.36. The van der Waals surface area contributed by atoms with Gasteiger partial charge in [0.2, 0.25) is 0 Å². The molecule has 4 rings (SSSR count). The molecule has 4 nitrogen and oxygen atoms in total. The van der Waals surface area contributed by atoms with E-state index < -0.39 is 5.63 Å². The van der Waals surface area contributed by atoms with E-state index in [9.17, 15) is 4.79 Å². The van der Waals surface area contributed by atoms with Crippen LogP contribution in [0, 0.1) is 0 Å². The van der Waals surface area contributed by atoms with Gasteiger partial charge in [0.05, 0.1) is 0 Å². The van der Waals surface area contributed by atoms with Gasteiger partial charge in [0.25, 0.3) is 0 Å². The van der Waals surface area contributed by atoms with Gasteiger partial charge in [-0.25, -0.2) is 9.79 Å². The van der Waals surface area contributed by atoms with Crippen LogP contribution >= 0.6 is 0 Å². The number of nitrogens with zero attached hydrogens (tertiary/aromatic N) is 2. The Morgan fingerprint density at radius 1 is 0.850 bits per heavy atom. The van der Waals surface area contributed by atoms with Crippen molar-refractivity contribution in [2.75, 3.05) is 0 Å². The van der Waals surface area contributed by atoms with E-state index in [1.807, 2.05) is 48.5 Å². The first-order valence-corrected chi connectivity index (χ1v) is 6.35. The molecule has 0 aliphatic carbocycles. The Morgan fingerprint density at radius 3 is 2.40 bits per heavy atom. The van der Waals surface area contributed by atoms with Crippen LogP contribution in [0.2, 0.25) is 0 Å². The number of para-hydroxylation sites is 1. The van der Waals surface area contributed by atoms with Crippen molar-refractivity contribution in [2.24, 2.45) is 9.98 Å². The molecule has 3 aromatic rings. The topological polar surface area (TPSA) is 54.9 Å². The van der Waals surface area contributed by atoms with Crippen molar-refractivity contribution in [3.63, 3.8) is 0 Å². The number of rotatable bonds is 1. The van der Waals surface area contributed by atoms with Gasteiger partial charge < -0.3 is 4.42 Å². The molecular formula is C16H10N2O2. The predicted octanol–water partition coefficient (Wildman–Crippen LogP) is 1.74. The molecule has 2 aromatic carbocycles. The summed E-state index contributed by atoms with van der Waals surface area (Å²) in [4.78, 5) is 21.0. The van der Waals surface area contributed by atoms with E-state index in [0.717, 1.165) is 10.9 Å². The van der Waals surface area contributed by atoms with Gasteiger partial charge >= 0.3 is 5.63 Å². The van der Waals surface area contributed by atoms with E-state index in [1.54, 1.807) is 6.07 Å². The summed E-state index contributed by atoms with van der Waals surface area (Å²) >= 11 is 0. The lowest BCUT2D eigenvalue weighted by molar-refractivity contribution is 0.549. The second-order valence-electron chi connectivity index (χ2n) is 4.63. The number of hydrogen-bond donors (Lipinski definition) is 0. The van der Waals surface area contributed by atoms with Gasteiger partial charge in [-0.05, 0) is 17.7 Å². The fourth-order valence-corrected chi connectivity index (χ4v) is 2.42. The minimum absolute atomic E-state index is 0.317. The van der Waals surface area contributed by atoms with E-state index in [2.05, 4.69) is 9.98 Å². The largest absolute Gasteiger partial charge is 0.421 e. The molecule has 1 unspecified atom stereocenters. The first-order valence-electron chi connectivity index (χ1n) is 6.35. The highest BCUT2D eigenvalue weighted by molar-refractivity contribution is 5.75. The lowest BCUT2D eigenvalue weighted by atomic mass is 10.2. The maximum Gasteiger partial charge on any atom is 0.364 e. The highest BCUT2D eigenvalue weighted by Crippen LogP contribution is 2.19. The zero-order chi connectivity index (χ0) is 13.5. The van der Waals surface area contributed by atoms with Crippen molar-refractivity contribution in [3.8, 4) is 0 Å². The molecule has 1 atom stereocenters. The second kappa shape index (κ2) is 4.13. The highest BCUT2D eigenvalue weighted by Gasteiger charge is 2.17. The first-order chi connectivity index (χ1) is 9.83. The van der Waals surface area contributed by atoms with Gasteiger partial charge in [-0.3, -0.25) is 4.99 Å². The molecule has 0 amide bonds. The number of hydrogen-bond acceptors (Lipinski definition) is 4. The van der Waals surface area contributed by atoms with Crippen molar-refractivity contribution >= 4 is 11.0 Å². The van der Waals surface area contributed by atoms with Gasteiger partial charge in [0, 0.05) is 5.39 Å². The van der Waals surface area contributed by atoms with Crippen LogP contribution in [-0.2, 0) is 0 Å². The van der Waals surface area contributed by atoms with Gasteiger partial charge in [-0.2, -0.15) is 0 Å². The van der Waals surface area contributed by atoms with Crippen molar-refractivity contribution in [1.29, 1.82) is 0 Å². The molecule has 0 N–H and O–H groups in total. The summed E-state index contributed by atoms with van der Waals surface area (Å²) in [7, 11) is 0. The average Bonchev–Trinajstić information content (AvgIpc) is 2.94. The highest BCUT2D eigenvalue weighted by atomic mass is 16.4. The summed E-state index contributed by atoms with van der Waals surface area (Å²) in [6, 6.07) is 17.1. The summed E-state index contributed by atoms with van der Waals surface area (Å²) in [5.41, 5.74) is 1.08. The van der Waals surface area contributed by atoms with E-state index in [0.29, 0.717) is 16.3 Å². The summed E-state index contributed by atoms with van der Waals surface area (Å²) in [6.45, 7) is 0. The molecule has 2 heterocycles. The Labute approximate surface area is 113 Å². The Morgan fingerprint density at radius 2 is 1.55 bits per heavy atom. The monoisotopic (exact) mass is 262 g/mol.